The van der Waals surface area contributed by atoms with Gasteiger partial charge in [-0.2, -0.15) is 0 Å². The Kier molecular flexibility index (Phi) is 11.4. The summed E-state index contributed by atoms with van der Waals surface area (Å²) in [4.78, 5) is 31.3. The van der Waals surface area contributed by atoms with E-state index >= 15 is 0 Å². The van der Waals surface area contributed by atoms with E-state index in [9.17, 15) is 14.7 Å². The van der Waals surface area contributed by atoms with Crippen molar-refractivity contribution in [3.63, 3.8) is 0 Å². The van der Waals surface area contributed by atoms with Crippen LogP contribution in [0.3, 0.4) is 0 Å². The molecule has 1 amide bonds. The molecule has 0 radical (unpaired) electrons. The Labute approximate surface area is 245 Å². The Morgan fingerprint density at radius 3 is 2.44 bits per heavy atom. The molecular weight excluding hydrogens is 540 g/mol. The molecule has 41 heavy (non-hydrogen) atoms. The van der Waals surface area contributed by atoms with Crippen LogP contribution in [0.5, 0.6) is 0 Å². The van der Waals surface area contributed by atoms with Crippen molar-refractivity contribution in [1.82, 2.24) is 30.1 Å². The summed E-state index contributed by atoms with van der Waals surface area (Å²) >= 11 is 0. The number of piperidine rings is 1. The quantitative estimate of drug-likeness (QED) is 0.244. The Morgan fingerprint density at radius 1 is 1.17 bits per heavy atom. The van der Waals surface area contributed by atoms with Crippen molar-refractivity contribution >= 4 is 20.1 Å². The molecule has 12 heteroatoms. The van der Waals surface area contributed by atoms with Crippen LogP contribution in [0.2, 0.25) is 25.7 Å². The number of carboxylic acids is 1. The van der Waals surface area contributed by atoms with Crippen LogP contribution in [0.1, 0.15) is 82.3 Å². The van der Waals surface area contributed by atoms with E-state index in [0.29, 0.717) is 38.4 Å². The minimum Gasteiger partial charge on any atom is -0.481 e. The monoisotopic (exact) mass is 588 g/mol. The number of tetrazole rings is 1. The zero-order valence-corrected chi connectivity index (χ0v) is 26.8. The molecule has 2 atom stereocenters. The number of ether oxygens (including phenoxy) is 2. The molecule has 2 aromatic rings. The lowest BCUT2D eigenvalue weighted by atomic mass is 9.83. The minimum absolute atomic E-state index is 0.195. The fraction of sp³-hybridized carbons (Fsp3) is 0.724. The van der Waals surface area contributed by atoms with E-state index in [1.165, 1.54) is 0 Å². The van der Waals surface area contributed by atoms with Gasteiger partial charge in [0.2, 0.25) is 0 Å². The smallest absolute Gasteiger partial charge is 0.410 e. The van der Waals surface area contributed by atoms with Crippen molar-refractivity contribution in [2.45, 2.75) is 110 Å². The lowest BCUT2D eigenvalue weighted by Gasteiger charge is -2.33. The second kappa shape index (κ2) is 14.3. The number of hydrogen-bond donors (Lipinski definition) is 1. The topological polar surface area (TPSA) is 133 Å². The van der Waals surface area contributed by atoms with Gasteiger partial charge in [0, 0.05) is 51.5 Å². The van der Waals surface area contributed by atoms with Gasteiger partial charge in [0.05, 0.1) is 5.92 Å². The predicted molar refractivity (Wildman–Crippen MR) is 158 cm³/mol. The highest BCUT2D eigenvalue weighted by Gasteiger charge is 2.34. The van der Waals surface area contributed by atoms with Crippen LogP contribution >= 0.6 is 0 Å². The zero-order valence-electron chi connectivity index (χ0n) is 25.8. The van der Waals surface area contributed by atoms with E-state index in [-0.39, 0.29) is 18.7 Å². The number of pyridine rings is 1. The summed E-state index contributed by atoms with van der Waals surface area (Å²) in [5.41, 5.74) is 1.41. The van der Waals surface area contributed by atoms with E-state index in [1.807, 2.05) is 46.0 Å². The van der Waals surface area contributed by atoms with Gasteiger partial charge in [0.1, 0.15) is 12.3 Å². The Balaban J connectivity index is 1.69. The van der Waals surface area contributed by atoms with Gasteiger partial charge in [0.25, 0.3) is 0 Å². The van der Waals surface area contributed by atoms with E-state index < -0.39 is 31.5 Å². The normalized spacial score (nSPS) is 16.4. The van der Waals surface area contributed by atoms with Crippen molar-refractivity contribution in [1.29, 1.82) is 0 Å². The molecule has 1 aliphatic rings. The number of carboxylic acid groups (broad SMARTS) is 1. The van der Waals surface area contributed by atoms with Crippen molar-refractivity contribution in [3.05, 3.63) is 35.4 Å². The minimum atomic E-state index is -1.24. The number of nitrogens with zero attached hydrogens (tertiary/aromatic N) is 6. The van der Waals surface area contributed by atoms with Crippen LogP contribution in [0, 0.1) is 5.92 Å². The van der Waals surface area contributed by atoms with Crippen molar-refractivity contribution in [2.75, 3.05) is 19.7 Å². The summed E-state index contributed by atoms with van der Waals surface area (Å²) in [5, 5.41) is 22.4. The molecule has 228 valence electrons. The van der Waals surface area contributed by atoms with Gasteiger partial charge in [-0.05, 0) is 74.6 Å². The molecule has 3 rings (SSSR count). The molecule has 0 aromatic carbocycles. The summed E-state index contributed by atoms with van der Waals surface area (Å²) in [7, 11) is -1.24. The first-order valence-corrected chi connectivity index (χ1v) is 18.5. The summed E-state index contributed by atoms with van der Waals surface area (Å²) in [6.07, 6.45) is 4.92. The highest BCUT2D eigenvalue weighted by atomic mass is 28.3. The molecular formula is C29H48N6O5Si. The van der Waals surface area contributed by atoms with Gasteiger partial charge in [-0.15, -0.1) is 5.10 Å². The van der Waals surface area contributed by atoms with E-state index in [4.69, 9.17) is 14.5 Å². The van der Waals surface area contributed by atoms with Gasteiger partial charge in [-0.25, -0.2) is 9.48 Å². The fourth-order valence-corrected chi connectivity index (χ4v) is 5.81. The number of hydrogen-bond acceptors (Lipinski definition) is 8. The second-order valence-electron chi connectivity index (χ2n) is 13.3. The predicted octanol–water partition coefficient (Wildman–Crippen LogP) is 5.32. The molecule has 0 unspecified atom stereocenters. The third-order valence-electron chi connectivity index (χ3n) is 7.37. The van der Waals surface area contributed by atoms with E-state index in [1.54, 1.807) is 9.58 Å². The molecule has 0 aliphatic carbocycles. The standard InChI is InChI=1S/C29H48N6O5Si/c1-8-9-23(27(36)37)24(26-31-32-33-35(26)20-39-16-17-41(5,6)7)18-21-10-11-25(30-19-21)22-12-14-34(15-13-22)28(38)40-29(2,3)4/h10-11,19,22-24H,8-9,12-18,20H2,1-7H3,(H,36,37)/t23-,24-/m0/s1. The van der Waals surface area contributed by atoms with Gasteiger partial charge in [-0.3, -0.25) is 9.78 Å². The molecule has 11 nitrogen and oxygen atoms in total. The maximum atomic E-state index is 12.4. The average molecular weight is 589 g/mol. The van der Waals surface area contributed by atoms with Crippen LogP contribution in [-0.2, 0) is 27.4 Å². The number of aromatic nitrogens is 5. The summed E-state index contributed by atoms with van der Waals surface area (Å²) in [6, 6.07) is 5.08. The number of rotatable bonds is 13. The van der Waals surface area contributed by atoms with Gasteiger partial charge in [-0.1, -0.05) is 39.1 Å². The summed E-state index contributed by atoms with van der Waals surface area (Å²) in [5.74, 6) is -1.13. The number of amides is 1. The van der Waals surface area contributed by atoms with Crippen molar-refractivity contribution in [3.8, 4) is 0 Å². The van der Waals surface area contributed by atoms with Crippen LogP contribution in [0.4, 0.5) is 4.79 Å². The van der Waals surface area contributed by atoms with Crippen molar-refractivity contribution in [2.24, 2.45) is 5.92 Å². The summed E-state index contributed by atoms with van der Waals surface area (Å²) < 4.78 is 13.0. The van der Waals surface area contributed by atoms with Crippen LogP contribution in [0.15, 0.2) is 18.3 Å². The first-order valence-electron chi connectivity index (χ1n) is 14.8. The second-order valence-corrected chi connectivity index (χ2v) is 18.9. The molecule has 3 heterocycles. The Hall–Kier alpha value is -2.86. The van der Waals surface area contributed by atoms with Crippen LogP contribution in [-0.4, -0.2) is 80.6 Å². The number of carbonyl (C=O) groups excluding carboxylic acids is 1. The summed E-state index contributed by atoms with van der Waals surface area (Å²) in [6.45, 7) is 16.6. The third-order valence-corrected chi connectivity index (χ3v) is 9.08. The highest BCUT2D eigenvalue weighted by Crippen LogP contribution is 2.32. The number of likely N-dealkylation sites (tertiary alicyclic amines) is 1. The largest absolute Gasteiger partial charge is 0.481 e. The Morgan fingerprint density at radius 2 is 1.88 bits per heavy atom. The van der Waals surface area contributed by atoms with Crippen LogP contribution < -0.4 is 0 Å². The fourth-order valence-electron chi connectivity index (χ4n) is 5.06. The SMILES string of the molecule is CCC[C@H](C(=O)O)[C@H](Cc1ccc(C2CCN(C(=O)OC(C)(C)C)CC2)nc1)c1nnnn1COCC[Si](C)(C)C. The maximum Gasteiger partial charge on any atom is 0.410 e. The zero-order chi connectivity index (χ0) is 30.2. The first-order chi connectivity index (χ1) is 19.3. The lowest BCUT2D eigenvalue weighted by molar-refractivity contribution is -0.143. The van der Waals surface area contributed by atoms with Gasteiger partial charge < -0.3 is 19.5 Å². The molecule has 0 saturated carbocycles. The molecule has 1 saturated heterocycles. The molecule has 2 aromatic heterocycles. The van der Waals surface area contributed by atoms with Gasteiger partial charge in [0.15, 0.2) is 5.82 Å². The first kappa shape index (κ1) is 32.6. The molecule has 1 aliphatic heterocycles. The molecule has 0 bridgehead atoms. The van der Waals surface area contributed by atoms with Crippen molar-refractivity contribution < 1.29 is 24.2 Å². The molecule has 1 fully saturated rings. The van der Waals surface area contributed by atoms with E-state index in [0.717, 1.165) is 36.6 Å². The number of carbonyl (C=O) groups is 2. The van der Waals surface area contributed by atoms with Crippen LogP contribution in [0.25, 0.3) is 0 Å². The average Bonchev–Trinajstić information content (AvgIpc) is 3.36. The Bertz CT molecular complexity index is 1120. The third kappa shape index (κ3) is 10.2. The maximum absolute atomic E-state index is 12.4. The molecule has 1 N–H and O–H groups in total. The lowest BCUT2D eigenvalue weighted by Crippen LogP contribution is -2.41. The van der Waals surface area contributed by atoms with Gasteiger partial charge >= 0.3 is 12.1 Å². The number of aliphatic carboxylic acids is 1. The van der Waals surface area contributed by atoms with E-state index in [2.05, 4.69) is 35.2 Å². The highest BCUT2D eigenvalue weighted by molar-refractivity contribution is 6.76. The molecule has 0 spiro atoms.